The van der Waals surface area contributed by atoms with E-state index in [2.05, 4.69) is 10.4 Å². The lowest BCUT2D eigenvalue weighted by atomic mass is 10.2. The summed E-state index contributed by atoms with van der Waals surface area (Å²) in [4.78, 5) is 17.8. The van der Waals surface area contributed by atoms with Crippen LogP contribution in [-0.2, 0) is 30.4 Å². The molecule has 0 spiro atoms. The zero-order chi connectivity index (χ0) is 42.7. The van der Waals surface area contributed by atoms with Crippen molar-refractivity contribution < 1.29 is 69.7 Å². The van der Waals surface area contributed by atoms with Gasteiger partial charge < -0.3 is 4.18 Å². The summed E-state index contributed by atoms with van der Waals surface area (Å²) in [6, 6.07) is 10.7. The van der Waals surface area contributed by atoms with Gasteiger partial charge in [-0.05, 0) is 75.1 Å². The van der Waals surface area contributed by atoms with E-state index in [9.17, 15) is 56.4 Å². The van der Waals surface area contributed by atoms with Gasteiger partial charge in [-0.3, -0.25) is 23.9 Å². The van der Waals surface area contributed by atoms with E-state index in [1.165, 1.54) is 12.1 Å². The molecule has 0 unspecified atom stereocenters. The molecule has 56 heavy (non-hydrogen) atoms. The van der Waals surface area contributed by atoms with Gasteiger partial charge in [0.05, 0.1) is 28.5 Å². The molecule has 14 nitrogen and oxygen atoms in total. The number of hydrazine groups is 1. The number of hydrogen-bond donors (Lipinski definition) is 3. The summed E-state index contributed by atoms with van der Waals surface area (Å²) in [5.41, 5.74) is 4.63. The second-order valence-corrected chi connectivity index (χ2v) is 17.7. The van der Waals surface area contributed by atoms with Gasteiger partial charge in [0.25, 0.3) is 26.1 Å². The highest BCUT2D eigenvalue weighted by Gasteiger charge is 2.29. The molecule has 2 aromatic carbocycles. The number of imidazole rings is 1. The molecule has 1 aromatic heterocycles. The van der Waals surface area contributed by atoms with Crippen LogP contribution in [0.15, 0.2) is 42.5 Å². The van der Waals surface area contributed by atoms with Gasteiger partial charge in [0.2, 0.25) is 0 Å². The fourth-order valence-electron chi connectivity index (χ4n) is 4.83. The Morgan fingerprint density at radius 3 is 1.86 bits per heavy atom. The smallest absolute Gasteiger partial charge is 0.382 e. The maximum atomic E-state index is 13.2. The number of rotatable bonds is 12. The van der Waals surface area contributed by atoms with Gasteiger partial charge in [-0.15, -0.1) is 0 Å². The van der Waals surface area contributed by atoms with E-state index in [0.717, 1.165) is 32.4 Å². The van der Waals surface area contributed by atoms with Crippen LogP contribution in [0.25, 0.3) is 17.1 Å². The van der Waals surface area contributed by atoms with Crippen molar-refractivity contribution in [3.63, 3.8) is 0 Å². The number of aromatic nitrogens is 2. The summed E-state index contributed by atoms with van der Waals surface area (Å²) in [5, 5.41) is 2.59. The number of halogens is 8. The predicted molar refractivity (Wildman–Crippen MR) is 196 cm³/mol. The zero-order valence-corrected chi connectivity index (χ0v) is 33.5. The molecule has 25 heteroatoms. The van der Waals surface area contributed by atoms with Crippen molar-refractivity contribution in [2.45, 2.75) is 64.2 Å². The van der Waals surface area contributed by atoms with Crippen molar-refractivity contribution in [1.29, 1.82) is 0 Å². The lowest BCUT2D eigenvalue weighted by molar-refractivity contribution is -0.135. The van der Waals surface area contributed by atoms with Crippen molar-refractivity contribution in [3.8, 4) is 22.8 Å². The number of nitrogens with one attached hydrogen (secondary N) is 1. The monoisotopic (exact) mass is 906 g/mol. The molecule has 1 saturated heterocycles. The van der Waals surface area contributed by atoms with E-state index in [1.54, 1.807) is 41.8 Å². The lowest BCUT2D eigenvalue weighted by Gasteiger charge is -2.26. The minimum atomic E-state index is -4.45. The van der Waals surface area contributed by atoms with Crippen molar-refractivity contribution in [3.05, 3.63) is 63.9 Å². The van der Waals surface area contributed by atoms with Gasteiger partial charge in [-0.2, -0.15) is 51.6 Å². The van der Waals surface area contributed by atoms with Gasteiger partial charge >= 0.3 is 22.5 Å². The van der Waals surface area contributed by atoms with Gasteiger partial charge in [-0.1, -0.05) is 29.6 Å². The van der Waals surface area contributed by atoms with Crippen LogP contribution < -0.4 is 9.61 Å². The maximum Gasteiger partial charge on any atom is 0.389 e. The standard InChI is InChI=1S/C26H27Cl2F3N4O4S.C4H7F3O3S.CH4O3S/c1-17-23(25(36)33-34-13-3-2-4-14-34)32-24(21-11-6-18(27)16-22(21)28)35(17)19-7-9-20(10-8-19)39-40(37,38)15-5-12-26(29,30)31;5-4(6,7)2-1-3-11(8,9)10;1-5(2,3)4/h6-11,16H,2-5,12-15H2,1H3,(H,33,36);1-3H2,(H,8,9,10);1H3,(H,2,3,4). The molecular formula is C31H38Cl2F6N4O10S3. The largest absolute Gasteiger partial charge is 0.389 e. The highest BCUT2D eigenvalue weighted by molar-refractivity contribution is 7.87. The van der Waals surface area contributed by atoms with Crippen LogP contribution in [0, 0.1) is 6.92 Å². The summed E-state index contributed by atoms with van der Waals surface area (Å²) in [7, 11) is -12.1. The number of carbonyl (C=O) groups excluding carboxylic acids is 1. The summed E-state index contributed by atoms with van der Waals surface area (Å²) < 4.78 is 156. The van der Waals surface area contributed by atoms with Crippen LogP contribution in [0.4, 0.5) is 26.3 Å². The van der Waals surface area contributed by atoms with E-state index in [4.69, 9.17) is 36.5 Å². The number of nitrogens with zero attached hydrogens (tertiary/aromatic N) is 3. The Balaban J connectivity index is 0.000000568. The molecule has 1 aliphatic heterocycles. The van der Waals surface area contributed by atoms with Gasteiger partial charge in [0, 0.05) is 42.2 Å². The van der Waals surface area contributed by atoms with E-state index in [-0.39, 0.29) is 17.4 Å². The third-order valence-electron chi connectivity index (χ3n) is 7.15. The molecule has 1 amide bonds. The number of carbonyl (C=O) groups is 1. The molecule has 316 valence electrons. The van der Waals surface area contributed by atoms with E-state index in [1.807, 2.05) is 5.01 Å². The van der Waals surface area contributed by atoms with Crippen molar-refractivity contribution in [2.75, 3.05) is 30.9 Å². The number of benzene rings is 2. The third-order valence-corrected chi connectivity index (χ3v) is 9.73. The third kappa shape index (κ3) is 19.3. The molecule has 0 bridgehead atoms. The SMILES string of the molecule is CS(=O)(=O)O.Cc1c(C(=O)NN2CCCCC2)nc(-c2ccc(Cl)cc2Cl)n1-c1ccc(OS(=O)(=O)CCCC(F)(F)F)cc1.O=S(=O)(O)CCCC(F)(F)F. The number of hydrogen-bond acceptors (Lipinski definition) is 10. The van der Waals surface area contributed by atoms with Crippen LogP contribution in [0.1, 0.15) is 61.1 Å². The first-order valence-corrected chi connectivity index (χ1v) is 22.0. The van der Waals surface area contributed by atoms with Gasteiger partial charge in [0.15, 0.2) is 5.69 Å². The van der Waals surface area contributed by atoms with Crippen LogP contribution in [0.3, 0.4) is 0 Å². The van der Waals surface area contributed by atoms with Crippen LogP contribution in [0.5, 0.6) is 5.75 Å². The fraction of sp³-hybridized carbons (Fsp3) is 0.484. The minimum absolute atomic E-state index is 0.0670. The molecular weight excluding hydrogens is 869 g/mol. The second-order valence-electron chi connectivity index (χ2n) is 12.1. The van der Waals surface area contributed by atoms with E-state index >= 15 is 0 Å². The average molecular weight is 908 g/mol. The van der Waals surface area contributed by atoms with Crippen molar-refractivity contribution >= 4 is 59.5 Å². The van der Waals surface area contributed by atoms with Crippen molar-refractivity contribution in [2.24, 2.45) is 0 Å². The molecule has 4 rings (SSSR count). The van der Waals surface area contributed by atoms with Gasteiger partial charge in [0.1, 0.15) is 11.6 Å². The fourth-order valence-corrected chi connectivity index (χ4v) is 6.82. The highest BCUT2D eigenvalue weighted by Crippen LogP contribution is 2.34. The molecule has 1 aliphatic rings. The maximum absolute atomic E-state index is 13.2. The molecule has 0 atom stereocenters. The number of alkyl halides is 6. The van der Waals surface area contributed by atoms with Crippen LogP contribution >= 0.6 is 23.2 Å². The Bertz CT molecular complexity index is 2100. The Morgan fingerprint density at radius 1 is 0.857 bits per heavy atom. The first-order valence-electron chi connectivity index (χ1n) is 16.2. The summed E-state index contributed by atoms with van der Waals surface area (Å²) in [5.74, 6) is -1.70. The summed E-state index contributed by atoms with van der Waals surface area (Å²) in [6.07, 6.45) is -8.64. The first-order chi connectivity index (χ1) is 25.5. The number of piperidine rings is 1. The van der Waals surface area contributed by atoms with Crippen LogP contribution in [-0.4, -0.2) is 98.0 Å². The number of amides is 1. The zero-order valence-electron chi connectivity index (χ0n) is 29.6. The highest BCUT2D eigenvalue weighted by atomic mass is 35.5. The van der Waals surface area contributed by atoms with E-state index in [0.29, 0.717) is 39.1 Å². The minimum Gasteiger partial charge on any atom is -0.382 e. The molecule has 0 aliphatic carbocycles. The topological polar surface area (TPSA) is 202 Å². The van der Waals surface area contributed by atoms with E-state index < -0.39 is 79.9 Å². The lowest BCUT2D eigenvalue weighted by Crippen LogP contribution is -2.45. The molecule has 0 saturated carbocycles. The van der Waals surface area contributed by atoms with Gasteiger partial charge in [-0.25, -0.2) is 9.99 Å². The predicted octanol–water partition coefficient (Wildman–Crippen LogP) is 7.06. The first kappa shape index (κ1) is 49.0. The molecule has 3 aromatic rings. The Hall–Kier alpha value is -3.19. The normalized spacial score (nSPS) is 14.2. The second kappa shape index (κ2) is 20.5. The Morgan fingerprint density at radius 2 is 1.38 bits per heavy atom. The quantitative estimate of drug-likeness (QED) is 0.0951. The van der Waals surface area contributed by atoms with Crippen molar-refractivity contribution in [1.82, 2.24) is 20.0 Å². The molecule has 3 N–H and O–H groups in total. The molecule has 2 heterocycles. The summed E-state index contributed by atoms with van der Waals surface area (Å²) in [6.45, 7) is 3.20. The van der Waals surface area contributed by atoms with Crippen LogP contribution in [0.2, 0.25) is 10.0 Å². The Kier molecular flexibility index (Phi) is 17.9. The molecule has 0 radical (unpaired) electrons. The Labute approximate surface area is 329 Å². The molecule has 1 fully saturated rings. The summed E-state index contributed by atoms with van der Waals surface area (Å²) >= 11 is 12.6. The average Bonchev–Trinajstić information content (AvgIpc) is 3.36.